The van der Waals surface area contributed by atoms with Gasteiger partial charge in [0.25, 0.3) is 0 Å². The van der Waals surface area contributed by atoms with E-state index in [1.807, 2.05) is 6.07 Å². The normalized spacial score (nSPS) is 11.9. The van der Waals surface area contributed by atoms with Crippen molar-refractivity contribution in [2.45, 2.75) is 26.2 Å². The van der Waals surface area contributed by atoms with Gasteiger partial charge < -0.3 is 10.2 Å². The zero-order chi connectivity index (χ0) is 12.2. The first-order chi connectivity index (χ1) is 7.39. The number of aromatic nitrogens is 2. The zero-order valence-corrected chi connectivity index (χ0v) is 10.9. The summed E-state index contributed by atoms with van der Waals surface area (Å²) in [5, 5.41) is 3.30. The third kappa shape index (κ3) is 4.14. The standard InChI is InChI=1S/C12H22N4/c1-12(2,3)10-8-11(15-9-14-10)13-6-7-16(4)5/h8-9H,6-7H2,1-5H3,(H,13,14,15). The van der Waals surface area contributed by atoms with Crippen LogP contribution < -0.4 is 5.32 Å². The summed E-state index contributed by atoms with van der Waals surface area (Å²) in [6.07, 6.45) is 1.62. The van der Waals surface area contributed by atoms with Crippen molar-refractivity contribution >= 4 is 5.82 Å². The second-order valence-electron chi connectivity index (χ2n) is 5.27. The molecule has 0 aliphatic rings. The molecule has 0 spiro atoms. The Bertz CT molecular complexity index is 328. The molecule has 1 N–H and O–H groups in total. The molecule has 0 saturated carbocycles. The van der Waals surface area contributed by atoms with Crippen molar-refractivity contribution in [1.82, 2.24) is 14.9 Å². The second kappa shape index (κ2) is 5.25. The van der Waals surface area contributed by atoms with Crippen molar-refractivity contribution < 1.29 is 0 Å². The first-order valence-electron chi connectivity index (χ1n) is 5.61. The van der Waals surface area contributed by atoms with E-state index in [4.69, 9.17) is 0 Å². The third-order valence-corrected chi connectivity index (χ3v) is 2.30. The van der Waals surface area contributed by atoms with Crippen LogP contribution in [0.3, 0.4) is 0 Å². The molecule has 1 aromatic rings. The van der Waals surface area contributed by atoms with Crippen LogP contribution >= 0.6 is 0 Å². The fraction of sp³-hybridized carbons (Fsp3) is 0.667. The summed E-state index contributed by atoms with van der Waals surface area (Å²) >= 11 is 0. The molecule has 1 heterocycles. The van der Waals surface area contributed by atoms with Gasteiger partial charge in [-0.25, -0.2) is 9.97 Å². The molecule has 0 aliphatic carbocycles. The van der Waals surface area contributed by atoms with Crippen LogP contribution in [0.1, 0.15) is 26.5 Å². The first-order valence-corrected chi connectivity index (χ1v) is 5.61. The minimum atomic E-state index is 0.0704. The van der Waals surface area contributed by atoms with E-state index >= 15 is 0 Å². The summed E-state index contributed by atoms with van der Waals surface area (Å²) in [4.78, 5) is 10.6. The van der Waals surface area contributed by atoms with Crippen LogP contribution in [-0.2, 0) is 5.41 Å². The Morgan fingerprint density at radius 1 is 1.25 bits per heavy atom. The maximum absolute atomic E-state index is 4.29. The molecule has 0 radical (unpaired) electrons. The zero-order valence-electron chi connectivity index (χ0n) is 10.9. The Hall–Kier alpha value is -1.16. The van der Waals surface area contributed by atoms with Crippen LogP contribution in [0, 0.1) is 0 Å². The van der Waals surface area contributed by atoms with Gasteiger partial charge in [-0.2, -0.15) is 0 Å². The van der Waals surface area contributed by atoms with Crippen molar-refractivity contribution in [2.24, 2.45) is 0 Å². The molecule has 0 atom stereocenters. The molecule has 4 nitrogen and oxygen atoms in total. The van der Waals surface area contributed by atoms with E-state index in [1.165, 1.54) is 0 Å². The minimum Gasteiger partial charge on any atom is -0.369 e. The lowest BCUT2D eigenvalue weighted by Crippen LogP contribution is -2.21. The summed E-state index contributed by atoms with van der Waals surface area (Å²) in [6, 6.07) is 2.02. The predicted octanol–water partition coefficient (Wildman–Crippen LogP) is 1.75. The average molecular weight is 222 g/mol. The number of rotatable bonds is 4. The number of likely N-dealkylation sites (N-methyl/N-ethyl adjacent to an activating group) is 1. The summed E-state index contributed by atoms with van der Waals surface area (Å²) in [6.45, 7) is 8.35. The molecule has 0 fully saturated rings. The topological polar surface area (TPSA) is 41.0 Å². The first kappa shape index (κ1) is 12.9. The summed E-state index contributed by atoms with van der Waals surface area (Å²) in [7, 11) is 4.12. The van der Waals surface area contributed by atoms with Crippen molar-refractivity contribution in [1.29, 1.82) is 0 Å². The van der Waals surface area contributed by atoms with E-state index in [-0.39, 0.29) is 5.41 Å². The van der Waals surface area contributed by atoms with E-state index in [2.05, 4.69) is 55.1 Å². The van der Waals surface area contributed by atoms with E-state index in [0.717, 1.165) is 24.6 Å². The molecule has 4 heteroatoms. The van der Waals surface area contributed by atoms with E-state index in [9.17, 15) is 0 Å². The lowest BCUT2D eigenvalue weighted by molar-refractivity contribution is 0.425. The number of nitrogens with zero attached hydrogens (tertiary/aromatic N) is 3. The van der Waals surface area contributed by atoms with Crippen molar-refractivity contribution in [3.8, 4) is 0 Å². The van der Waals surface area contributed by atoms with Gasteiger partial charge >= 0.3 is 0 Å². The van der Waals surface area contributed by atoms with E-state index in [1.54, 1.807) is 6.33 Å². The van der Waals surface area contributed by atoms with Crippen LogP contribution in [-0.4, -0.2) is 42.1 Å². The summed E-state index contributed by atoms with van der Waals surface area (Å²) < 4.78 is 0. The Kier molecular flexibility index (Phi) is 4.24. The molecule has 0 aliphatic heterocycles. The van der Waals surface area contributed by atoms with Gasteiger partial charge in [-0.05, 0) is 14.1 Å². The van der Waals surface area contributed by atoms with Gasteiger partial charge in [0, 0.05) is 24.6 Å². The molecular formula is C12H22N4. The summed E-state index contributed by atoms with van der Waals surface area (Å²) in [5.74, 6) is 0.904. The molecule has 0 aromatic carbocycles. The molecule has 0 unspecified atom stereocenters. The van der Waals surface area contributed by atoms with Gasteiger partial charge in [0.15, 0.2) is 0 Å². The molecule has 16 heavy (non-hydrogen) atoms. The van der Waals surface area contributed by atoms with Crippen molar-refractivity contribution in [3.05, 3.63) is 18.1 Å². The maximum atomic E-state index is 4.29. The highest BCUT2D eigenvalue weighted by Gasteiger charge is 2.15. The smallest absolute Gasteiger partial charge is 0.129 e. The van der Waals surface area contributed by atoms with Crippen molar-refractivity contribution in [2.75, 3.05) is 32.5 Å². The molecule has 90 valence electrons. The second-order valence-corrected chi connectivity index (χ2v) is 5.27. The highest BCUT2D eigenvalue weighted by Crippen LogP contribution is 2.20. The monoisotopic (exact) mass is 222 g/mol. The molecule has 0 amide bonds. The van der Waals surface area contributed by atoms with Crippen molar-refractivity contribution in [3.63, 3.8) is 0 Å². The third-order valence-electron chi connectivity index (χ3n) is 2.30. The minimum absolute atomic E-state index is 0.0704. The summed E-state index contributed by atoms with van der Waals surface area (Å²) in [5.41, 5.74) is 1.14. The Labute approximate surface area is 98.1 Å². The van der Waals surface area contributed by atoms with Crippen LogP contribution in [0.5, 0.6) is 0 Å². The van der Waals surface area contributed by atoms with Gasteiger partial charge in [0.1, 0.15) is 12.1 Å². The fourth-order valence-electron chi connectivity index (χ4n) is 1.27. The van der Waals surface area contributed by atoms with Gasteiger partial charge in [0.05, 0.1) is 5.69 Å². The van der Waals surface area contributed by atoms with Crippen LogP contribution in [0.4, 0.5) is 5.82 Å². The highest BCUT2D eigenvalue weighted by atomic mass is 15.1. The number of nitrogens with one attached hydrogen (secondary N) is 1. The predicted molar refractivity (Wildman–Crippen MR) is 67.8 cm³/mol. The van der Waals surface area contributed by atoms with Crippen LogP contribution in [0.2, 0.25) is 0 Å². The molecule has 1 aromatic heterocycles. The Balaban J connectivity index is 2.61. The molecular weight excluding hydrogens is 200 g/mol. The lowest BCUT2D eigenvalue weighted by atomic mass is 9.92. The number of hydrogen-bond acceptors (Lipinski definition) is 4. The van der Waals surface area contributed by atoms with E-state index < -0.39 is 0 Å². The Morgan fingerprint density at radius 2 is 1.94 bits per heavy atom. The largest absolute Gasteiger partial charge is 0.369 e. The molecule has 1 rings (SSSR count). The maximum Gasteiger partial charge on any atom is 0.129 e. The van der Waals surface area contributed by atoms with Gasteiger partial charge in [0.2, 0.25) is 0 Å². The fourth-order valence-corrected chi connectivity index (χ4v) is 1.27. The highest BCUT2D eigenvalue weighted by molar-refractivity contribution is 5.36. The lowest BCUT2D eigenvalue weighted by Gasteiger charge is -2.18. The van der Waals surface area contributed by atoms with Gasteiger partial charge in [-0.3, -0.25) is 0 Å². The quantitative estimate of drug-likeness (QED) is 0.842. The molecule has 0 bridgehead atoms. The molecule has 0 saturated heterocycles. The van der Waals surface area contributed by atoms with Gasteiger partial charge in [-0.1, -0.05) is 20.8 Å². The van der Waals surface area contributed by atoms with E-state index in [0.29, 0.717) is 0 Å². The number of anilines is 1. The van der Waals surface area contributed by atoms with Crippen LogP contribution in [0.15, 0.2) is 12.4 Å². The van der Waals surface area contributed by atoms with Gasteiger partial charge in [-0.15, -0.1) is 0 Å². The average Bonchev–Trinajstić information content (AvgIpc) is 2.16. The van der Waals surface area contributed by atoms with Crippen LogP contribution in [0.25, 0.3) is 0 Å². The Morgan fingerprint density at radius 3 is 2.50 bits per heavy atom. The SMILES string of the molecule is CN(C)CCNc1cc(C(C)(C)C)ncn1. The number of hydrogen-bond donors (Lipinski definition) is 1.